The second kappa shape index (κ2) is 8.41. The van der Waals surface area contributed by atoms with E-state index in [2.05, 4.69) is 10.6 Å². The fraction of sp³-hybridized carbons (Fsp3) is 0.500. The van der Waals surface area contributed by atoms with Crippen molar-refractivity contribution in [1.82, 2.24) is 15.5 Å². The van der Waals surface area contributed by atoms with Gasteiger partial charge in [0.25, 0.3) is 0 Å². The summed E-state index contributed by atoms with van der Waals surface area (Å²) >= 11 is 11.8. The summed E-state index contributed by atoms with van der Waals surface area (Å²) in [6.07, 6.45) is 2.47. The standard InChI is InChI=1S/C16H21Cl2N3O2/c1-11(12-4-5-13(17)14(18)10-12)20-16(23)19-7-6-15(22)21-8-2-3-9-21/h4-5,10-11H,2-3,6-9H2,1H3,(H2,19,20,23). The van der Waals surface area contributed by atoms with Crippen molar-refractivity contribution >= 4 is 35.1 Å². The molecular formula is C16H21Cl2N3O2. The van der Waals surface area contributed by atoms with Gasteiger partial charge in [0.2, 0.25) is 5.91 Å². The van der Waals surface area contributed by atoms with Crippen LogP contribution >= 0.6 is 23.2 Å². The summed E-state index contributed by atoms with van der Waals surface area (Å²) in [5.41, 5.74) is 0.864. The summed E-state index contributed by atoms with van der Waals surface area (Å²) < 4.78 is 0. The molecule has 1 aromatic rings. The minimum Gasteiger partial charge on any atom is -0.343 e. The molecular weight excluding hydrogens is 337 g/mol. The van der Waals surface area contributed by atoms with Gasteiger partial charge in [-0.2, -0.15) is 0 Å². The van der Waals surface area contributed by atoms with E-state index < -0.39 is 0 Å². The van der Waals surface area contributed by atoms with Crippen LogP contribution in [0.15, 0.2) is 18.2 Å². The molecule has 0 spiro atoms. The zero-order valence-corrected chi connectivity index (χ0v) is 14.6. The third-order valence-corrected chi connectivity index (χ3v) is 4.61. The van der Waals surface area contributed by atoms with Gasteiger partial charge in [-0.05, 0) is 37.5 Å². The molecule has 2 rings (SSSR count). The van der Waals surface area contributed by atoms with Crippen LogP contribution in [0.4, 0.5) is 4.79 Å². The van der Waals surface area contributed by atoms with Crippen LogP contribution in [0.25, 0.3) is 0 Å². The van der Waals surface area contributed by atoms with Crippen LogP contribution in [0.5, 0.6) is 0 Å². The van der Waals surface area contributed by atoms with Gasteiger partial charge in [0, 0.05) is 26.1 Å². The van der Waals surface area contributed by atoms with E-state index in [4.69, 9.17) is 23.2 Å². The summed E-state index contributed by atoms with van der Waals surface area (Å²) in [6, 6.07) is 4.73. The molecule has 1 atom stereocenters. The fourth-order valence-electron chi connectivity index (χ4n) is 2.52. The van der Waals surface area contributed by atoms with Gasteiger partial charge in [-0.15, -0.1) is 0 Å². The zero-order valence-electron chi connectivity index (χ0n) is 13.1. The Kier molecular flexibility index (Phi) is 6.54. The third kappa shape index (κ3) is 5.29. The lowest BCUT2D eigenvalue weighted by atomic mass is 10.1. The van der Waals surface area contributed by atoms with Crippen molar-refractivity contribution in [2.75, 3.05) is 19.6 Å². The second-order valence-corrected chi connectivity index (χ2v) is 6.45. The van der Waals surface area contributed by atoms with Crippen molar-refractivity contribution in [3.63, 3.8) is 0 Å². The van der Waals surface area contributed by atoms with Gasteiger partial charge < -0.3 is 15.5 Å². The second-order valence-electron chi connectivity index (χ2n) is 5.63. The Morgan fingerprint density at radius 2 is 1.91 bits per heavy atom. The SMILES string of the molecule is CC(NC(=O)NCCC(=O)N1CCCC1)c1ccc(Cl)c(Cl)c1. The summed E-state index contributed by atoms with van der Waals surface area (Å²) in [6.45, 7) is 3.85. The maximum atomic E-state index is 11.9. The summed E-state index contributed by atoms with van der Waals surface area (Å²) in [4.78, 5) is 25.6. The van der Waals surface area contributed by atoms with E-state index in [1.165, 1.54) is 0 Å². The average molecular weight is 358 g/mol. The highest BCUT2D eigenvalue weighted by Crippen LogP contribution is 2.25. The highest BCUT2D eigenvalue weighted by atomic mass is 35.5. The predicted molar refractivity (Wildman–Crippen MR) is 91.8 cm³/mol. The number of benzene rings is 1. The van der Waals surface area contributed by atoms with Gasteiger partial charge in [0.05, 0.1) is 16.1 Å². The Balaban J connectivity index is 1.73. The zero-order chi connectivity index (χ0) is 16.8. The molecule has 1 unspecified atom stereocenters. The van der Waals surface area contributed by atoms with Gasteiger partial charge >= 0.3 is 6.03 Å². The molecule has 0 radical (unpaired) electrons. The molecule has 1 aromatic carbocycles. The monoisotopic (exact) mass is 357 g/mol. The molecule has 7 heteroatoms. The molecule has 0 bridgehead atoms. The Morgan fingerprint density at radius 3 is 2.57 bits per heavy atom. The molecule has 1 saturated heterocycles. The first-order valence-corrected chi connectivity index (χ1v) is 8.50. The highest BCUT2D eigenvalue weighted by molar-refractivity contribution is 6.42. The van der Waals surface area contributed by atoms with Crippen LogP contribution in [-0.2, 0) is 4.79 Å². The molecule has 1 aliphatic heterocycles. The van der Waals surface area contributed by atoms with Crippen molar-refractivity contribution in [2.24, 2.45) is 0 Å². The first-order valence-electron chi connectivity index (χ1n) is 7.74. The van der Waals surface area contributed by atoms with E-state index in [1.807, 2.05) is 17.9 Å². The molecule has 0 aromatic heterocycles. The average Bonchev–Trinajstić information content (AvgIpc) is 3.04. The van der Waals surface area contributed by atoms with Gasteiger partial charge in [0.15, 0.2) is 0 Å². The molecule has 1 heterocycles. The first-order chi connectivity index (χ1) is 11.0. The topological polar surface area (TPSA) is 61.4 Å². The number of hydrogen-bond acceptors (Lipinski definition) is 2. The van der Waals surface area contributed by atoms with Crippen molar-refractivity contribution in [3.8, 4) is 0 Å². The number of nitrogens with zero attached hydrogens (tertiary/aromatic N) is 1. The highest BCUT2D eigenvalue weighted by Gasteiger charge is 2.17. The predicted octanol–water partition coefficient (Wildman–Crippen LogP) is 3.37. The number of likely N-dealkylation sites (tertiary alicyclic amines) is 1. The third-order valence-electron chi connectivity index (χ3n) is 3.87. The van der Waals surface area contributed by atoms with Crippen LogP contribution in [0.1, 0.15) is 37.8 Å². The van der Waals surface area contributed by atoms with Crippen molar-refractivity contribution < 1.29 is 9.59 Å². The summed E-state index contributed by atoms with van der Waals surface area (Å²) in [5, 5.41) is 6.45. The number of rotatable bonds is 5. The number of carbonyl (C=O) groups excluding carboxylic acids is 2. The molecule has 3 amide bonds. The Labute approximate surface area is 146 Å². The molecule has 23 heavy (non-hydrogen) atoms. The van der Waals surface area contributed by atoms with Crippen molar-refractivity contribution in [1.29, 1.82) is 0 Å². The van der Waals surface area contributed by atoms with Gasteiger partial charge in [0.1, 0.15) is 0 Å². The quantitative estimate of drug-likeness (QED) is 0.848. The van der Waals surface area contributed by atoms with E-state index >= 15 is 0 Å². The molecule has 0 aliphatic carbocycles. The molecule has 1 fully saturated rings. The molecule has 126 valence electrons. The lowest BCUT2D eigenvalue weighted by Crippen LogP contribution is -2.39. The van der Waals surface area contributed by atoms with Gasteiger partial charge in [-0.3, -0.25) is 4.79 Å². The van der Waals surface area contributed by atoms with Crippen LogP contribution in [0, 0.1) is 0 Å². The smallest absolute Gasteiger partial charge is 0.315 e. The Bertz CT molecular complexity index is 574. The Hall–Kier alpha value is -1.46. The minimum atomic E-state index is -0.308. The first kappa shape index (κ1) is 17.9. The molecule has 1 aliphatic rings. The maximum Gasteiger partial charge on any atom is 0.315 e. The van der Waals surface area contributed by atoms with Crippen LogP contribution in [-0.4, -0.2) is 36.5 Å². The van der Waals surface area contributed by atoms with Crippen LogP contribution in [0.3, 0.4) is 0 Å². The van der Waals surface area contributed by atoms with E-state index in [0.717, 1.165) is 31.5 Å². The fourth-order valence-corrected chi connectivity index (χ4v) is 2.83. The Morgan fingerprint density at radius 1 is 1.22 bits per heavy atom. The van der Waals surface area contributed by atoms with Crippen molar-refractivity contribution in [3.05, 3.63) is 33.8 Å². The maximum absolute atomic E-state index is 11.9. The van der Waals surface area contributed by atoms with E-state index in [0.29, 0.717) is 23.0 Å². The van der Waals surface area contributed by atoms with E-state index in [9.17, 15) is 9.59 Å². The van der Waals surface area contributed by atoms with Gasteiger partial charge in [-0.25, -0.2) is 4.79 Å². The molecule has 2 N–H and O–H groups in total. The summed E-state index contributed by atoms with van der Waals surface area (Å²) in [5.74, 6) is 0.0975. The number of halogens is 2. The lowest BCUT2D eigenvalue weighted by molar-refractivity contribution is -0.129. The largest absolute Gasteiger partial charge is 0.343 e. The number of urea groups is 1. The van der Waals surface area contributed by atoms with E-state index in [1.54, 1.807) is 12.1 Å². The number of amides is 3. The molecule has 5 nitrogen and oxygen atoms in total. The number of hydrogen-bond donors (Lipinski definition) is 2. The van der Waals surface area contributed by atoms with Crippen molar-refractivity contribution in [2.45, 2.75) is 32.2 Å². The van der Waals surface area contributed by atoms with E-state index in [-0.39, 0.29) is 18.0 Å². The lowest BCUT2D eigenvalue weighted by Gasteiger charge is -2.17. The van der Waals surface area contributed by atoms with Gasteiger partial charge in [-0.1, -0.05) is 29.3 Å². The molecule has 0 saturated carbocycles. The minimum absolute atomic E-state index is 0.0975. The number of nitrogens with one attached hydrogen (secondary N) is 2. The summed E-state index contributed by atoms with van der Waals surface area (Å²) in [7, 11) is 0. The normalized spacial score (nSPS) is 15.3. The van der Waals surface area contributed by atoms with Crippen LogP contribution in [0.2, 0.25) is 10.0 Å². The van der Waals surface area contributed by atoms with Crippen LogP contribution < -0.4 is 10.6 Å². The number of carbonyl (C=O) groups is 2.